The van der Waals surface area contributed by atoms with Crippen LogP contribution in [-0.4, -0.2) is 35.7 Å². The van der Waals surface area contributed by atoms with Crippen LogP contribution in [0, 0.1) is 5.92 Å². The van der Waals surface area contributed by atoms with Gasteiger partial charge in [-0.1, -0.05) is 24.3 Å². The van der Waals surface area contributed by atoms with Gasteiger partial charge < -0.3 is 15.3 Å². The second-order valence-corrected chi connectivity index (χ2v) is 8.33. The fourth-order valence-electron chi connectivity index (χ4n) is 4.64. The molecule has 2 aromatic carbocycles. The lowest BCUT2D eigenvalue weighted by Crippen LogP contribution is -2.33. The zero-order valence-corrected chi connectivity index (χ0v) is 15.8. The van der Waals surface area contributed by atoms with Crippen molar-refractivity contribution >= 4 is 33.8 Å². The number of nitrogens with zero attached hydrogens (tertiary/aromatic N) is 1. The molecular weight excluding hydrogens is 356 g/mol. The van der Waals surface area contributed by atoms with E-state index in [0.717, 1.165) is 23.9 Å². The fourth-order valence-corrected chi connectivity index (χ4v) is 5.36. The number of anilines is 1. The monoisotopic (exact) mass is 378 g/mol. The Bertz CT molecular complexity index is 989. The van der Waals surface area contributed by atoms with E-state index >= 15 is 0 Å². The molecule has 5 heteroatoms. The molecular formula is C22H22N2O2S. The summed E-state index contributed by atoms with van der Waals surface area (Å²) < 4.78 is 0. The zero-order valence-electron chi connectivity index (χ0n) is 15.0. The number of hydrogen-bond acceptors (Lipinski definition) is 3. The van der Waals surface area contributed by atoms with Crippen molar-refractivity contribution in [3.63, 3.8) is 0 Å². The predicted octanol–water partition coefficient (Wildman–Crippen LogP) is 4.24. The maximum absolute atomic E-state index is 13.0. The average Bonchev–Trinajstić information content (AvgIpc) is 3.43. The highest BCUT2D eigenvalue weighted by molar-refractivity contribution is 7.08. The van der Waals surface area contributed by atoms with Crippen LogP contribution in [0.3, 0.4) is 0 Å². The molecule has 1 fully saturated rings. The number of hydrogen-bond donors (Lipinski definition) is 2. The lowest BCUT2D eigenvalue weighted by Gasteiger charge is -2.18. The molecule has 2 aliphatic rings. The molecule has 3 aromatic rings. The first-order chi connectivity index (χ1) is 13.2. The quantitative estimate of drug-likeness (QED) is 0.716. The summed E-state index contributed by atoms with van der Waals surface area (Å²) in [6, 6.07) is 12.5. The SMILES string of the molecule is O=C(Nc1ccc2c3c(cccc13)CC2)N1C[C@@H](CO)[C@H](c2ccsc2)C1. The molecule has 5 rings (SSSR count). The highest BCUT2D eigenvalue weighted by atomic mass is 32.1. The molecule has 0 bridgehead atoms. The van der Waals surface area contributed by atoms with Gasteiger partial charge in [-0.05, 0) is 57.8 Å². The van der Waals surface area contributed by atoms with E-state index in [9.17, 15) is 9.90 Å². The fraction of sp³-hybridized carbons (Fsp3) is 0.318. The second-order valence-electron chi connectivity index (χ2n) is 7.55. The number of aryl methyl sites for hydroxylation is 2. The smallest absolute Gasteiger partial charge is 0.321 e. The summed E-state index contributed by atoms with van der Waals surface area (Å²) in [5.74, 6) is 0.304. The number of carbonyl (C=O) groups excluding carboxylic acids is 1. The molecule has 27 heavy (non-hydrogen) atoms. The Morgan fingerprint density at radius 1 is 1.15 bits per heavy atom. The molecule has 0 spiro atoms. The number of nitrogens with one attached hydrogen (secondary N) is 1. The molecule has 0 unspecified atom stereocenters. The topological polar surface area (TPSA) is 52.6 Å². The van der Waals surface area contributed by atoms with Gasteiger partial charge in [0.05, 0.1) is 5.69 Å². The van der Waals surface area contributed by atoms with Crippen molar-refractivity contribution in [2.24, 2.45) is 5.92 Å². The Balaban J connectivity index is 1.39. The van der Waals surface area contributed by atoms with E-state index in [1.165, 1.54) is 22.1 Å². The highest BCUT2D eigenvalue weighted by Crippen LogP contribution is 2.36. The van der Waals surface area contributed by atoms with Crippen molar-refractivity contribution in [1.82, 2.24) is 4.90 Å². The summed E-state index contributed by atoms with van der Waals surface area (Å²) >= 11 is 1.66. The Kier molecular flexibility index (Phi) is 4.14. The van der Waals surface area contributed by atoms with Gasteiger partial charge in [0.1, 0.15) is 0 Å². The minimum absolute atomic E-state index is 0.0788. The zero-order chi connectivity index (χ0) is 18.4. The summed E-state index contributed by atoms with van der Waals surface area (Å²) in [6.45, 7) is 1.34. The van der Waals surface area contributed by atoms with Crippen molar-refractivity contribution in [3.8, 4) is 0 Å². The van der Waals surface area contributed by atoms with Crippen LogP contribution in [0.2, 0.25) is 0 Å². The van der Waals surface area contributed by atoms with Gasteiger partial charge in [-0.15, -0.1) is 0 Å². The Morgan fingerprint density at radius 3 is 2.78 bits per heavy atom. The molecule has 1 aromatic heterocycles. The molecule has 0 saturated carbocycles. The molecule has 2 atom stereocenters. The van der Waals surface area contributed by atoms with Gasteiger partial charge in [0.25, 0.3) is 0 Å². The van der Waals surface area contributed by atoms with Crippen LogP contribution >= 0.6 is 11.3 Å². The predicted molar refractivity (Wildman–Crippen MR) is 110 cm³/mol. The Morgan fingerprint density at radius 2 is 2.00 bits per heavy atom. The minimum atomic E-state index is -0.0788. The number of carbonyl (C=O) groups is 1. The third-order valence-corrected chi connectivity index (χ3v) is 6.75. The van der Waals surface area contributed by atoms with Crippen LogP contribution in [-0.2, 0) is 12.8 Å². The van der Waals surface area contributed by atoms with Crippen molar-refractivity contribution in [1.29, 1.82) is 0 Å². The normalized spacial score (nSPS) is 21.1. The number of thiophene rings is 1. The van der Waals surface area contributed by atoms with Gasteiger partial charge in [-0.25, -0.2) is 4.79 Å². The van der Waals surface area contributed by atoms with Gasteiger partial charge in [0.2, 0.25) is 0 Å². The number of likely N-dealkylation sites (tertiary alicyclic amines) is 1. The molecule has 1 aliphatic heterocycles. The molecule has 1 aliphatic carbocycles. The lowest BCUT2D eigenvalue weighted by molar-refractivity contribution is 0.207. The molecule has 2 N–H and O–H groups in total. The first-order valence-corrected chi connectivity index (χ1v) is 10.4. The van der Waals surface area contributed by atoms with Crippen molar-refractivity contribution in [2.45, 2.75) is 18.8 Å². The van der Waals surface area contributed by atoms with Gasteiger partial charge in [-0.3, -0.25) is 0 Å². The van der Waals surface area contributed by atoms with E-state index in [-0.39, 0.29) is 24.5 Å². The van der Waals surface area contributed by atoms with Crippen molar-refractivity contribution in [2.75, 3.05) is 25.0 Å². The van der Waals surface area contributed by atoms with Gasteiger partial charge in [0.15, 0.2) is 0 Å². The Hall–Kier alpha value is -2.37. The maximum Gasteiger partial charge on any atom is 0.321 e. The van der Waals surface area contributed by atoms with Gasteiger partial charge in [-0.2, -0.15) is 11.3 Å². The standard InChI is InChI=1S/C22H22N2O2S/c25-12-17-10-24(11-19(17)16-8-9-27-13-16)22(26)23-20-7-6-15-5-4-14-2-1-3-18(20)21(14)15/h1-3,6-9,13,17,19,25H,4-5,10-12H2,(H,23,26)/t17-,19-/m0/s1. The first-order valence-electron chi connectivity index (χ1n) is 9.47. The minimum Gasteiger partial charge on any atom is -0.396 e. The van der Waals surface area contributed by atoms with E-state index in [4.69, 9.17) is 0 Å². The number of urea groups is 1. The van der Waals surface area contributed by atoms with Crippen LogP contribution in [0.15, 0.2) is 47.2 Å². The number of amides is 2. The molecule has 138 valence electrons. The van der Waals surface area contributed by atoms with E-state index in [0.29, 0.717) is 13.1 Å². The van der Waals surface area contributed by atoms with Crippen LogP contribution in [0.1, 0.15) is 22.6 Å². The lowest BCUT2D eigenvalue weighted by atomic mass is 9.92. The van der Waals surface area contributed by atoms with Crippen LogP contribution in [0.25, 0.3) is 10.8 Å². The van der Waals surface area contributed by atoms with E-state index in [1.54, 1.807) is 11.3 Å². The third kappa shape index (κ3) is 2.82. The summed E-state index contributed by atoms with van der Waals surface area (Å²) in [7, 11) is 0. The highest BCUT2D eigenvalue weighted by Gasteiger charge is 2.36. The summed E-state index contributed by atoms with van der Waals surface area (Å²) in [4.78, 5) is 14.8. The molecule has 2 heterocycles. The summed E-state index contributed by atoms with van der Waals surface area (Å²) in [5.41, 5.74) is 4.84. The second kappa shape index (κ2) is 6.66. The van der Waals surface area contributed by atoms with E-state index in [2.05, 4.69) is 46.4 Å². The van der Waals surface area contributed by atoms with Gasteiger partial charge in [0, 0.05) is 36.9 Å². The van der Waals surface area contributed by atoms with E-state index < -0.39 is 0 Å². The third-order valence-electron chi connectivity index (χ3n) is 6.05. The van der Waals surface area contributed by atoms with Gasteiger partial charge >= 0.3 is 6.03 Å². The molecule has 2 amide bonds. The molecule has 1 saturated heterocycles. The summed E-state index contributed by atoms with van der Waals surface area (Å²) in [6.07, 6.45) is 2.16. The number of aliphatic hydroxyl groups is 1. The van der Waals surface area contributed by atoms with E-state index in [1.807, 2.05) is 11.0 Å². The molecule has 0 radical (unpaired) electrons. The van der Waals surface area contributed by atoms with Crippen molar-refractivity contribution < 1.29 is 9.90 Å². The number of rotatable bonds is 3. The summed E-state index contributed by atoms with van der Waals surface area (Å²) in [5, 5.41) is 19.5. The van der Waals surface area contributed by atoms with Crippen LogP contribution in [0.5, 0.6) is 0 Å². The maximum atomic E-state index is 13.0. The average molecular weight is 378 g/mol. The van der Waals surface area contributed by atoms with Crippen LogP contribution < -0.4 is 5.32 Å². The largest absolute Gasteiger partial charge is 0.396 e. The number of benzene rings is 2. The Labute approximate surface area is 162 Å². The van der Waals surface area contributed by atoms with Crippen LogP contribution in [0.4, 0.5) is 10.5 Å². The molecule has 4 nitrogen and oxygen atoms in total. The number of aliphatic hydroxyl groups excluding tert-OH is 1. The van der Waals surface area contributed by atoms with Crippen molar-refractivity contribution in [3.05, 3.63) is 63.8 Å². The first kappa shape index (κ1) is 16.8.